The molecule has 0 amide bonds. The molecule has 9 nitrogen and oxygen atoms in total. The monoisotopic (exact) mass is 529 g/mol. The van der Waals surface area contributed by atoms with Crippen LogP contribution in [-0.4, -0.2) is 49.8 Å². The van der Waals surface area contributed by atoms with Crippen LogP contribution in [0, 0.1) is 17.1 Å². The van der Waals surface area contributed by atoms with Crippen molar-refractivity contribution in [1.29, 1.82) is 5.26 Å². The molecule has 5 rings (SSSR count). The number of pyridine rings is 2. The molecule has 1 saturated heterocycles. The number of hydrogen-bond donors (Lipinski definition) is 0. The van der Waals surface area contributed by atoms with Gasteiger partial charge < -0.3 is 14.0 Å². The molecule has 0 N–H and O–H groups in total. The third kappa shape index (κ3) is 4.90. The molecule has 39 heavy (non-hydrogen) atoms. The van der Waals surface area contributed by atoms with Crippen LogP contribution >= 0.6 is 0 Å². The maximum absolute atomic E-state index is 13.9. The zero-order chi connectivity index (χ0) is 28.1. The number of rotatable bonds is 4. The first kappa shape index (κ1) is 26.5. The van der Waals surface area contributed by atoms with E-state index in [-0.39, 0.29) is 34.9 Å². The van der Waals surface area contributed by atoms with Gasteiger partial charge in [-0.3, -0.25) is 9.69 Å². The predicted octanol–water partition coefficient (Wildman–Crippen LogP) is 4.31. The van der Waals surface area contributed by atoms with Crippen LogP contribution in [0.25, 0.3) is 11.0 Å². The van der Waals surface area contributed by atoms with Crippen molar-refractivity contribution < 1.29 is 8.91 Å². The Kier molecular flexibility index (Phi) is 6.72. The number of nitriles is 1. The van der Waals surface area contributed by atoms with Gasteiger partial charge in [-0.25, -0.2) is 9.37 Å². The largest absolute Gasteiger partial charge is 0.364 e. The van der Waals surface area contributed by atoms with E-state index in [0.29, 0.717) is 47.2 Å². The summed E-state index contributed by atoms with van der Waals surface area (Å²) in [6, 6.07) is 13.1. The number of halogens is 1. The van der Waals surface area contributed by atoms with Gasteiger partial charge in [0.15, 0.2) is 5.82 Å². The molecule has 1 aromatic carbocycles. The van der Waals surface area contributed by atoms with Crippen molar-refractivity contribution in [2.45, 2.75) is 58.2 Å². The van der Waals surface area contributed by atoms with Crippen molar-refractivity contribution in [3.05, 3.63) is 81.6 Å². The van der Waals surface area contributed by atoms with Crippen molar-refractivity contribution in [3.63, 3.8) is 0 Å². The Morgan fingerprint density at radius 2 is 1.79 bits per heavy atom. The van der Waals surface area contributed by atoms with Gasteiger partial charge >= 0.3 is 0 Å². The minimum absolute atomic E-state index is 0.0144. The Morgan fingerprint density at radius 1 is 1.08 bits per heavy atom. The molecule has 1 fully saturated rings. The van der Waals surface area contributed by atoms with Crippen molar-refractivity contribution in [1.82, 2.24) is 24.6 Å². The highest BCUT2D eigenvalue weighted by Crippen LogP contribution is 2.36. The molecule has 0 saturated carbocycles. The van der Waals surface area contributed by atoms with E-state index in [2.05, 4.69) is 39.9 Å². The van der Waals surface area contributed by atoms with Gasteiger partial charge in [0.2, 0.25) is 5.89 Å². The van der Waals surface area contributed by atoms with Crippen LogP contribution < -0.4 is 10.5 Å². The average molecular weight is 530 g/mol. The average Bonchev–Trinajstić information content (AvgIpc) is 3.40. The number of aromatic nitrogens is 4. The van der Waals surface area contributed by atoms with Gasteiger partial charge in [-0.2, -0.15) is 10.2 Å². The maximum Gasteiger partial charge on any atom is 0.252 e. The van der Waals surface area contributed by atoms with Crippen molar-refractivity contribution >= 4 is 16.7 Å². The number of piperazine rings is 1. The molecular weight excluding hydrogens is 497 g/mol. The third-order valence-corrected chi connectivity index (χ3v) is 7.39. The van der Waals surface area contributed by atoms with Gasteiger partial charge in [0.1, 0.15) is 29.1 Å². The Bertz CT molecular complexity index is 1610. The fourth-order valence-electron chi connectivity index (χ4n) is 5.21. The molecule has 1 unspecified atom stereocenters. The highest BCUT2D eigenvalue weighted by molar-refractivity contribution is 5.89. The summed E-state index contributed by atoms with van der Waals surface area (Å²) in [5, 5.41) is 13.7. The van der Waals surface area contributed by atoms with Crippen molar-refractivity contribution in [2.75, 3.05) is 18.0 Å². The van der Waals surface area contributed by atoms with Crippen LogP contribution in [0.15, 0.2) is 51.8 Å². The molecule has 3 atom stereocenters. The smallest absolute Gasteiger partial charge is 0.252 e. The van der Waals surface area contributed by atoms with Gasteiger partial charge in [-0.1, -0.05) is 38.1 Å². The van der Waals surface area contributed by atoms with E-state index < -0.39 is 0 Å². The van der Waals surface area contributed by atoms with Crippen LogP contribution in [0.2, 0.25) is 0 Å². The summed E-state index contributed by atoms with van der Waals surface area (Å²) < 4.78 is 21.2. The van der Waals surface area contributed by atoms with E-state index in [9.17, 15) is 14.4 Å². The molecule has 3 aromatic heterocycles. The SMILES string of the molecule is C[C@@H]1CN(c2cc(=O)n(C)c3ccc(C#N)nc23)[C@@H](C)CN1C(c1ccc(F)cc1)c1nc(C(C)(C)C)no1. The standard InChI is InChI=1S/C29H32FN7O2/c1-17-16-37(26(19-7-9-20(30)10-8-19)27-33-28(34-39-27)29(3,4)5)18(2)15-36(17)23-13-24(38)35(6)22-12-11-21(14-31)32-25(22)23/h7-13,17-18,26H,15-16H2,1-6H3/t17-,18+,26?/m0/s1. The Labute approximate surface area is 226 Å². The van der Waals surface area contributed by atoms with Crippen LogP contribution in [0.1, 0.15) is 63.6 Å². The third-order valence-electron chi connectivity index (χ3n) is 7.39. The quantitative estimate of drug-likeness (QED) is 0.385. The van der Waals surface area contributed by atoms with Crippen LogP contribution in [0.5, 0.6) is 0 Å². The number of hydrogen-bond acceptors (Lipinski definition) is 8. The van der Waals surface area contributed by atoms with Gasteiger partial charge in [-0.15, -0.1) is 0 Å². The second-order valence-electron chi connectivity index (χ2n) is 11.3. The normalized spacial score (nSPS) is 19.3. The number of aryl methyl sites for hydroxylation is 1. The lowest BCUT2D eigenvalue weighted by atomic mass is 9.96. The van der Waals surface area contributed by atoms with Gasteiger partial charge in [-0.05, 0) is 43.7 Å². The van der Waals surface area contributed by atoms with Crippen molar-refractivity contribution in [3.8, 4) is 6.07 Å². The number of fused-ring (bicyclic) bond motifs is 1. The Balaban J connectivity index is 1.55. The second-order valence-corrected chi connectivity index (χ2v) is 11.3. The summed E-state index contributed by atoms with van der Waals surface area (Å²) in [5.41, 5.74) is 2.71. The highest BCUT2D eigenvalue weighted by Gasteiger charge is 2.39. The minimum Gasteiger partial charge on any atom is -0.364 e. The number of nitrogens with zero attached hydrogens (tertiary/aromatic N) is 7. The Morgan fingerprint density at radius 3 is 2.44 bits per heavy atom. The summed E-state index contributed by atoms with van der Waals surface area (Å²) in [6.07, 6.45) is 0. The summed E-state index contributed by atoms with van der Waals surface area (Å²) in [5.74, 6) is 0.750. The highest BCUT2D eigenvalue weighted by atomic mass is 19.1. The molecule has 202 valence electrons. The van der Waals surface area contributed by atoms with Gasteiger partial charge in [0.05, 0.1) is 11.2 Å². The summed E-state index contributed by atoms with van der Waals surface area (Å²) in [6.45, 7) is 11.5. The van der Waals surface area contributed by atoms with Crippen LogP contribution in [-0.2, 0) is 12.5 Å². The lowest BCUT2D eigenvalue weighted by molar-refractivity contribution is 0.110. The number of anilines is 1. The molecule has 4 heterocycles. The van der Waals surface area contributed by atoms with Crippen LogP contribution in [0.3, 0.4) is 0 Å². The van der Waals surface area contributed by atoms with E-state index in [1.807, 2.05) is 20.8 Å². The molecule has 1 aliphatic rings. The number of benzene rings is 1. The molecule has 0 aliphatic carbocycles. The molecule has 10 heteroatoms. The van der Waals surface area contributed by atoms with Gasteiger partial charge in [0.25, 0.3) is 5.56 Å². The first-order valence-corrected chi connectivity index (χ1v) is 13.0. The first-order chi connectivity index (χ1) is 18.5. The van der Waals surface area contributed by atoms with Gasteiger partial charge in [0, 0.05) is 43.7 Å². The maximum atomic E-state index is 13.9. The molecule has 0 radical (unpaired) electrons. The van der Waals surface area contributed by atoms with E-state index in [4.69, 9.17) is 9.51 Å². The van der Waals surface area contributed by atoms with Crippen LogP contribution in [0.4, 0.5) is 10.1 Å². The lowest BCUT2D eigenvalue weighted by Crippen LogP contribution is -2.57. The molecule has 0 bridgehead atoms. The van der Waals surface area contributed by atoms with E-state index in [1.165, 1.54) is 12.1 Å². The van der Waals surface area contributed by atoms with E-state index in [0.717, 1.165) is 5.56 Å². The fourth-order valence-corrected chi connectivity index (χ4v) is 5.21. The topological polar surface area (TPSA) is 104 Å². The first-order valence-electron chi connectivity index (χ1n) is 13.0. The van der Waals surface area contributed by atoms with E-state index >= 15 is 0 Å². The minimum atomic E-state index is -0.377. The Hall–Kier alpha value is -4.10. The zero-order valence-corrected chi connectivity index (χ0v) is 23.0. The lowest BCUT2D eigenvalue weighted by Gasteiger charge is -2.47. The fraction of sp³-hybridized carbons (Fsp3) is 0.414. The predicted molar refractivity (Wildman–Crippen MR) is 146 cm³/mol. The zero-order valence-electron chi connectivity index (χ0n) is 23.0. The van der Waals surface area contributed by atoms with Crippen molar-refractivity contribution in [2.24, 2.45) is 7.05 Å². The molecular formula is C29H32FN7O2. The summed E-state index contributed by atoms with van der Waals surface area (Å²) in [7, 11) is 1.70. The summed E-state index contributed by atoms with van der Waals surface area (Å²) in [4.78, 5) is 26.7. The second kappa shape index (κ2) is 9.89. The molecule has 1 aliphatic heterocycles. The summed E-state index contributed by atoms with van der Waals surface area (Å²) >= 11 is 0. The van der Waals surface area contributed by atoms with E-state index in [1.54, 1.807) is 41.9 Å². The molecule has 4 aromatic rings. The molecule has 0 spiro atoms.